The maximum absolute atomic E-state index is 13.2. The molecule has 0 fully saturated rings. The third kappa shape index (κ3) is 6.44. The second-order valence-corrected chi connectivity index (χ2v) is 5.62. The minimum Gasteiger partial charge on any atom is -0.284 e. The van der Waals surface area contributed by atoms with Gasteiger partial charge in [-0.05, 0) is 0 Å². The first-order valence-corrected chi connectivity index (χ1v) is 7.62. The summed E-state index contributed by atoms with van der Waals surface area (Å²) in [5.74, 6) is 0. The van der Waals surface area contributed by atoms with E-state index in [4.69, 9.17) is 0 Å². The number of hydrogen-bond donors (Lipinski definition) is 0. The zero-order valence-electron chi connectivity index (χ0n) is 13.8. The van der Waals surface area contributed by atoms with Crippen LogP contribution in [0.25, 0.3) is 0 Å². The van der Waals surface area contributed by atoms with E-state index >= 15 is 0 Å². The zero-order chi connectivity index (χ0) is 22.1. The van der Waals surface area contributed by atoms with Gasteiger partial charge < -0.3 is 0 Å². The fraction of sp³-hybridized carbons (Fsp3) is 0.533. The van der Waals surface area contributed by atoms with Crippen molar-refractivity contribution in [2.24, 2.45) is 0 Å². The van der Waals surface area contributed by atoms with Crippen molar-refractivity contribution in [1.82, 2.24) is 0 Å². The minimum absolute atomic E-state index is 2.00. The molecule has 1 rings (SSSR count). The third-order valence-corrected chi connectivity index (χ3v) is 3.95. The van der Waals surface area contributed by atoms with Crippen LogP contribution in [0.2, 0.25) is 0 Å². The second kappa shape index (κ2) is 12.0. The molecule has 13 heteroatoms. The van der Waals surface area contributed by atoms with Gasteiger partial charge >= 0.3 is 0 Å². The minimum atomic E-state index is -6.09. The monoisotopic (exact) mass is 434 g/mol. The highest BCUT2D eigenvalue weighted by Gasteiger charge is 2.63. The largest absolute Gasteiger partial charge is 0.284 e. The van der Waals surface area contributed by atoms with Crippen LogP contribution in [0.15, 0.2) is 42.5 Å². The fourth-order valence-corrected chi connectivity index (χ4v) is 2.51. The van der Waals surface area contributed by atoms with Crippen molar-refractivity contribution in [3.05, 3.63) is 42.5 Å². The highest BCUT2D eigenvalue weighted by Crippen LogP contribution is 2.40. The molecule has 0 bridgehead atoms. The lowest BCUT2D eigenvalue weighted by molar-refractivity contribution is 0.0118. The van der Waals surface area contributed by atoms with Crippen molar-refractivity contribution in [2.75, 3.05) is 0 Å². The van der Waals surface area contributed by atoms with E-state index in [9.17, 15) is 52.7 Å². The average Bonchev–Trinajstić information content (AvgIpc) is 2.94. The summed E-state index contributed by atoms with van der Waals surface area (Å²) in [6.45, 7) is 0. The Morgan fingerprint density at radius 2 is 0.679 bits per heavy atom. The first-order valence-electron chi connectivity index (χ1n) is 7.62. The van der Waals surface area contributed by atoms with E-state index in [2.05, 4.69) is 0 Å². The summed E-state index contributed by atoms with van der Waals surface area (Å²) in [6.07, 6.45) is -42.9. The van der Waals surface area contributed by atoms with Crippen LogP contribution in [0, 0.1) is 0 Å². The Hall–Kier alpha value is -1.69. The van der Waals surface area contributed by atoms with Gasteiger partial charge in [0, 0.05) is 66.7 Å². The topological polar surface area (TPSA) is 0 Å². The summed E-state index contributed by atoms with van der Waals surface area (Å²) >= 11 is 0. The summed E-state index contributed by atoms with van der Waals surface area (Å²) in [7, 11) is 0. The highest BCUT2D eigenvalue weighted by atomic mass is 19.3. The van der Waals surface area contributed by atoms with E-state index < -0.39 is 56.1 Å². The Labute approximate surface area is 152 Å². The van der Waals surface area contributed by atoms with E-state index in [1.54, 1.807) is 0 Å². The van der Waals surface area contributed by atoms with Crippen LogP contribution in [-0.4, -0.2) is 56.1 Å². The van der Waals surface area contributed by atoms with Crippen LogP contribution in [0.5, 0.6) is 0 Å². The Balaban J connectivity index is 0.000000861. The second-order valence-electron chi connectivity index (χ2n) is 5.62. The van der Waals surface area contributed by atoms with Crippen LogP contribution in [0.1, 0.15) is 0 Å². The quantitative estimate of drug-likeness (QED) is 0.269. The van der Waals surface area contributed by atoms with Gasteiger partial charge in [-0.1, -0.05) is 0 Å². The molecule has 0 heterocycles. The maximum atomic E-state index is 13.2. The molecule has 0 aliphatic carbocycles. The molecule has 28 heavy (non-hydrogen) atoms. The lowest BCUT2D eigenvalue weighted by Crippen LogP contribution is -2.74. The van der Waals surface area contributed by atoms with Gasteiger partial charge in [0.05, 0.1) is 0 Å². The molecular formula is C15H15BF12. The van der Waals surface area contributed by atoms with Gasteiger partial charge in [-0.25, -0.2) is 35.1 Å². The molecule has 0 aromatic heterocycles. The summed E-state index contributed by atoms with van der Waals surface area (Å²) in [4.78, 5) is 0. The Morgan fingerprint density at radius 3 is 0.893 bits per heavy atom. The normalized spacial score (nSPS) is 18.3. The summed E-state index contributed by atoms with van der Waals surface area (Å²) < 4.78 is 151. The fourth-order valence-electron chi connectivity index (χ4n) is 2.51. The van der Waals surface area contributed by atoms with Crippen molar-refractivity contribution >= 4 is 6.15 Å². The van der Waals surface area contributed by atoms with Crippen molar-refractivity contribution in [3.63, 3.8) is 0 Å². The van der Waals surface area contributed by atoms with Gasteiger partial charge in [0.25, 0.3) is 0 Å². The lowest BCUT2D eigenvalue weighted by atomic mass is 9.14. The Morgan fingerprint density at radius 1 is 0.429 bits per heavy atom. The van der Waals surface area contributed by atoms with E-state index in [0.717, 1.165) is 0 Å². The van der Waals surface area contributed by atoms with Gasteiger partial charge in [0.15, 0.2) is 6.15 Å². The Bertz CT molecular complexity index is 437. The van der Waals surface area contributed by atoms with Crippen LogP contribution in [0.3, 0.4) is 0 Å². The third-order valence-electron chi connectivity index (χ3n) is 3.95. The zero-order valence-corrected chi connectivity index (χ0v) is 13.8. The van der Waals surface area contributed by atoms with Gasteiger partial charge in [-0.2, -0.15) is 0 Å². The first-order chi connectivity index (χ1) is 12.9. The summed E-state index contributed by atoms with van der Waals surface area (Å²) in [5, 5.41) is 0. The molecule has 4 atom stereocenters. The Kier molecular flexibility index (Phi) is 11.3. The van der Waals surface area contributed by atoms with Crippen molar-refractivity contribution in [1.29, 1.82) is 0 Å². The summed E-state index contributed by atoms with van der Waals surface area (Å²) in [5.41, 5.74) is 0. The van der Waals surface area contributed by atoms with E-state index in [1.807, 2.05) is 42.5 Å². The molecule has 0 N–H and O–H groups in total. The van der Waals surface area contributed by atoms with E-state index in [0.29, 0.717) is 0 Å². The standard InChI is InChI=1S/C8H8BF12.C7H7/c10-1(5(14)15)9(2(11)6(16)17,3(12)7(18)19)4(13)8(20)21;1-2-4-6-7-5-3-1/h1-8H;1-7H/q-1;+1. The van der Waals surface area contributed by atoms with Crippen LogP contribution < -0.4 is 0 Å². The van der Waals surface area contributed by atoms with Gasteiger partial charge in [-0.15, -0.1) is 0 Å². The number of rotatable bonds is 8. The molecule has 162 valence electrons. The molecule has 0 aliphatic heterocycles. The number of alkyl halides is 12. The highest BCUT2D eigenvalue weighted by molar-refractivity contribution is 6.85. The van der Waals surface area contributed by atoms with Gasteiger partial charge in [-0.3, -0.25) is 17.6 Å². The molecule has 4 unspecified atom stereocenters. The maximum Gasteiger partial charge on any atom is 0.237 e. The van der Waals surface area contributed by atoms with Crippen LogP contribution in [0.4, 0.5) is 52.7 Å². The summed E-state index contributed by atoms with van der Waals surface area (Å²) in [6, 6.07) is 14.0. The molecular weight excluding hydrogens is 419 g/mol. The van der Waals surface area contributed by atoms with Gasteiger partial charge in [0.2, 0.25) is 25.7 Å². The van der Waals surface area contributed by atoms with E-state index in [-0.39, 0.29) is 0 Å². The van der Waals surface area contributed by atoms with Crippen molar-refractivity contribution in [2.45, 2.75) is 50.0 Å². The van der Waals surface area contributed by atoms with E-state index in [1.165, 1.54) is 0 Å². The smallest absolute Gasteiger partial charge is 0.237 e. The molecule has 0 radical (unpaired) electrons. The SMILES string of the molecule is FC(F)C(F)[B-](C(F)C(F)F)(C(F)C(F)F)C(F)C(F)F.c1ccc[cH+]cc1. The predicted octanol–water partition coefficient (Wildman–Crippen LogP) is 5.97. The van der Waals surface area contributed by atoms with Gasteiger partial charge in [0.1, 0.15) is 0 Å². The molecule has 0 aliphatic rings. The predicted molar refractivity (Wildman–Crippen MR) is 80.2 cm³/mol. The lowest BCUT2D eigenvalue weighted by Gasteiger charge is -2.47. The van der Waals surface area contributed by atoms with Crippen LogP contribution >= 0.6 is 0 Å². The number of halogens is 12. The molecule has 0 saturated carbocycles. The molecule has 1 aromatic carbocycles. The number of hydrogen-bond acceptors (Lipinski definition) is 0. The molecule has 0 nitrogen and oxygen atoms in total. The molecule has 0 saturated heterocycles. The molecule has 0 amide bonds. The van der Waals surface area contributed by atoms with Crippen molar-refractivity contribution in [3.8, 4) is 0 Å². The van der Waals surface area contributed by atoms with Crippen molar-refractivity contribution < 1.29 is 52.7 Å². The molecule has 1 aromatic rings. The average molecular weight is 434 g/mol. The molecule has 0 spiro atoms. The van der Waals surface area contributed by atoms with Crippen LogP contribution in [-0.2, 0) is 0 Å². The first kappa shape index (κ1) is 26.3.